The Bertz CT molecular complexity index is 824. The second-order valence-electron chi connectivity index (χ2n) is 6.74. The summed E-state index contributed by atoms with van der Waals surface area (Å²) in [5, 5.41) is 12.1. The van der Waals surface area contributed by atoms with Crippen molar-refractivity contribution in [2.45, 2.75) is 39.3 Å². The maximum absolute atomic E-state index is 14.2. The van der Waals surface area contributed by atoms with Crippen LogP contribution >= 0.6 is 0 Å². The molecule has 0 aliphatic rings. The zero-order chi connectivity index (χ0) is 18.9. The Morgan fingerprint density at radius 1 is 1.32 bits per heavy atom. The van der Waals surface area contributed by atoms with Crippen molar-refractivity contribution in [3.63, 3.8) is 0 Å². The Labute approximate surface area is 143 Å². The lowest BCUT2D eigenvalue weighted by molar-refractivity contribution is 0.0521. The van der Waals surface area contributed by atoms with Gasteiger partial charge in [-0.25, -0.2) is 18.4 Å². The van der Waals surface area contributed by atoms with Crippen molar-refractivity contribution in [2.24, 2.45) is 0 Å². The van der Waals surface area contributed by atoms with Crippen LogP contribution in [0.4, 0.5) is 13.6 Å². The van der Waals surface area contributed by atoms with Gasteiger partial charge >= 0.3 is 12.1 Å². The second kappa shape index (κ2) is 6.70. The maximum atomic E-state index is 14.2. The number of carboxylic acid groups (broad SMARTS) is 1. The summed E-state index contributed by atoms with van der Waals surface area (Å²) in [7, 11) is 0. The first kappa shape index (κ1) is 18.7. The second-order valence-corrected chi connectivity index (χ2v) is 6.74. The number of hydrogen-bond donors (Lipinski definition) is 2. The van der Waals surface area contributed by atoms with E-state index in [1.54, 1.807) is 27.7 Å². The van der Waals surface area contributed by atoms with Crippen molar-refractivity contribution < 1.29 is 28.2 Å². The number of nitrogens with zero attached hydrogens (tertiary/aromatic N) is 1. The van der Waals surface area contributed by atoms with Crippen molar-refractivity contribution in [2.75, 3.05) is 6.54 Å². The van der Waals surface area contributed by atoms with Crippen LogP contribution < -0.4 is 5.32 Å². The molecule has 0 saturated heterocycles. The summed E-state index contributed by atoms with van der Waals surface area (Å²) in [6, 6.07) is 2.87. The van der Waals surface area contributed by atoms with E-state index in [1.165, 1.54) is 12.1 Å². The Morgan fingerprint density at radius 3 is 2.52 bits per heavy atom. The predicted molar refractivity (Wildman–Crippen MR) is 87.8 cm³/mol. The first-order chi connectivity index (χ1) is 11.5. The summed E-state index contributed by atoms with van der Waals surface area (Å²) in [4.78, 5) is 23.2. The molecule has 8 heteroatoms. The highest BCUT2D eigenvalue weighted by Gasteiger charge is 2.24. The molecule has 0 aliphatic carbocycles. The molecule has 1 amide bonds. The number of aromatic nitrogens is 1. The van der Waals surface area contributed by atoms with Crippen molar-refractivity contribution in [3.05, 3.63) is 35.5 Å². The molecule has 136 valence electrons. The van der Waals surface area contributed by atoms with Crippen molar-refractivity contribution >= 4 is 23.0 Å². The van der Waals surface area contributed by atoms with Crippen LogP contribution in [-0.4, -0.2) is 33.9 Å². The molecule has 2 aromatic rings. The van der Waals surface area contributed by atoms with E-state index in [4.69, 9.17) is 4.74 Å². The third-order valence-electron chi connectivity index (χ3n) is 3.49. The summed E-state index contributed by atoms with van der Waals surface area (Å²) in [6.45, 7) is 6.69. The summed E-state index contributed by atoms with van der Waals surface area (Å²) in [5.74, 6) is -3.48. The third-order valence-corrected chi connectivity index (χ3v) is 3.49. The molecule has 2 N–H and O–H groups in total. The first-order valence-electron chi connectivity index (χ1n) is 7.70. The number of aromatic carboxylic acids is 1. The lowest BCUT2D eigenvalue weighted by atomic mass is 10.2. The Morgan fingerprint density at radius 2 is 1.96 bits per heavy atom. The van der Waals surface area contributed by atoms with Gasteiger partial charge in [0.25, 0.3) is 0 Å². The number of hydrogen-bond acceptors (Lipinski definition) is 3. The number of fused-ring (bicyclic) bond motifs is 1. The van der Waals surface area contributed by atoms with Gasteiger partial charge in [-0.05, 0) is 45.9 Å². The summed E-state index contributed by atoms with van der Waals surface area (Å²) < 4.78 is 34.1. The number of rotatable bonds is 4. The molecular weight excluding hydrogens is 334 g/mol. The number of carbonyl (C=O) groups is 2. The lowest BCUT2D eigenvalue weighted by Gasteiger charge is -2.22. The smallest absolute Gasteiger partial charge is 0.407 e. The quantitative estimate of drug-likeness (QED) is 0.877. The average Bonchev–Trinajstić information content (AvgIpc) is 2.87. The molecular formula is C17H20F2N2O4. The monoisotopic (exact) mass is 354 g/mol. The maximum Gasteiger partial charge on any atom is 0.407 e. The molecule has 2 rings (SSSR count). The zero-order valence-electron chi connectivity index (χ0n) is 14.4. The number of carbonyl (C=O) groups excluding carboxylic acids is 1. The molecule has 0 bridgehead atoms. The number of amides is 1. The van der Waals surface area contributed by atoms with Gasteiger partial charge in [-0.2, -0.15) is 0 Å². The van der Waals surface area contributed by atoms with E-state index in [-0.39, 0.29) is 23.1 Å². The molecule has 25 heavy (non-hydrogen) atoms. The largest absolute Gasteiger partial charge is 0.477 e. The normalized spacial score (nSPS) is 12.9. The third kappa shape index (κ3) is 4.07. The van der Waals surface area contributed by atoms with Gasteiger partial charge in [0.05, 0.1) is 5.52 Å². The van der Waals surface area contributed by atoms with Crippen LogP contribution in [0.3, 0.4) is 0 Å². The van der Waals surface area contributed by atoms with Gasteiger partial charge in [0.15, 0.2) is 11.6 Å². The molecule has 0 spiro atoms. The minimum Gasteiger partial charge on any atom is -0.477 e. The molecule has 0 fully saturated rings. The average molecular weight is 354 g/mol. The van der Waals surface area contributed by atoms with E-state index in [0.717, 1.165) is 10.6 Å². The molecule has 1 aromatic heterocycles. The van der Waals surface area contributed by atoms with E-state index < -0.39 is 35.3 Å². The van der Waals surface area contributed by atoms with Crippen molar-refractivity contribution in [3.8, 4) is 0 Å². The van der Waals surface area contributed by atoms with Crippen LogP contribution in [0.1, 0.15) is 44.2 Å². The highest BCUT2D eigenvalue weighted by atomic mass is 19.2. The summed E-state index contributed by atoms with van der Waals surface area (Å²) in [6.07, 6.45) is -0.681. The van der Waals surface area contributed by atoms with Crippen LogP contribution in [0.5, 0.6) is 0 Å². The van der Waals surface area contributed by atoms with Crippen LogP contribution in [0.15, 0.2) is 18.2 Å². The van der Waals surface area contributed by atoms with E-state index in [9.17, 15) is 23.5 Å². The number of halogens is 2. The number of benzene rings is 1. The van der Waals surface area contributed by atoms with E-state index in [2.05, 4.69) is 5.32 Å². The SMILES string of the molecule is C[C@H](CNC(=O)OC(C)(C)C)n1c(C(=O)O)cc2ccc(F)c(F)c21. The van der Waals surface area contributed by atoms with E-state index in [0.29, 0.717) is 0 Å². The molecule has 0 aliphatic heterocycles. The molecule has 1 aromatic carbocycles. The molecule has 0 unspecified atom stereocenters. The Balaban J connectivity index is 2.35. The lowest BCUT2D eigenvalue weighted by Crippen LogP contribution is -2.35. The van der Waals surface area contributed by atoms with Gasteiger partial charge in [-0.15, -0.1) is 0 Å². The molecule has 0 saturated carbocycles. The van der Waals surface area contributed by atoms with Crippen molar-refractivity contribution in [1.29, 1.82) is 0 Å². The Hall–Kier alpha value is -2.64. The van der Waals surface area contributed by atoms with Crippen LogP contribution in [0, 0.1) is 11.6 Å². The fourth-order valence-electron chi connectivity index (χ4n) is 2.51. The van der Waals surface area contributed by atoms with Gasteiger partial charge in [0.1, 0.15) is 11.3 Å². The van der Waals surface area contributed by atoms with Gasteiger partial charge < -0.3 is 19.7 Å². The Kier molecular flexibility index (Phi) is 5.01. The summed E-state index contributed by atoms with van der Waals surface area (Å²) >= 11 is 0. The molecule has 1 atom stereocenters. The number of nitrogens with one attached hydrogen (secondary N) is 1. The zero-order valence-corrected chi connectivity index (χ0v) is 14.4. The van der Waals surface area contributed by atoms with Crippen LogP contribution in [0.2, 0.25) is 0 Å². The van der Waals surface area contributed by atoms with Crippen LogP contribution in [-0.2, 0) is 4.74 Å². The fourth-order valence-corrected chi connectivity index (χ4v) is 2.51. The fraction of sp³-hybridized carbons (Fsp3) is 0.412. The highest BCUT2D eigenvalue weighted by Crippen LogP contribution is 2.28. The minimum absolute atomic E-state index is 0.0189. The van der Waals surface area contributed by atoms with E-state index in [1.807, 2.05) is 0 Å². The van der Waals surface area contributed by atoms with Crippen molar-refractivity contribution in [1.82, 2.24) is 9.88 Å². The topological polar surface area (TPSA) is 80.6 Å². The first-order valence-corrected chi connectivity index (χ1v) is 7.70. The number of carboxylic acids is 1. The van der Waals surface area contributed by atoms with E-state index >= 15 is 0 Å². The summed E-state index contributed by atoms with van der Waals surface area (Å²) in [5.41, 5.74) is -1.04. The predicted octanol–water partition coefficient (Wildman–Crippen LogP) is 3.70. The van der Waals surface area contributed by atoms with Crippen LogP contribution in [0.25, 0.3) is 10.9 Å². The standard InChI is InChI=1S/C17H20F2N2O4/c1-9(8-20-16(24)25-17(2,3)4)21-12(15(22)23)7-10-5-6-11(18)13(19)14(10)21/h5-7,9H,8H2,1-4H3,(H,20,24)(H,22,23)/t9-/m1/s1. The highest BCUT2D eigenvalue weighted by molar-refractivity contribution is 5.95. The van der Waals surface area contributed by atoms with Gasteiger partial charge in [-0.1, -0.05) is 0 Å². The van der Waals surface area contributed by atoms with Gasteiger partial charge in [0, 0.05) is 18.0 Å². The van der Waals surface area contributed by atoms with Gasteiger partial charge in [0.2, 0.25) is 0 Å². The number of ether oxygens (including phenoxy) is 1. The molecule has 1 heterocycles. The molecule has 6 nitrogen and oxygen atoms in total. The number of alkyl carbamates (subject to hydrolysis) is 1. The van der Waals surface area contributed by atoms with Gasteiger partial charge in [-0.3, -0.25) is 0 Å². The molecule has 0 radical (unpaired) electrons. The minimum atomic E-state index is -1.28.